The molecule has 2 aromatic carbocycles. The lowest BCUT2D eigenvalue weighted by Crippen LogP contribution is -1.80. The summed E-state index contributed by atoms with van der Waals surface area (Å²) in [5, 5.41) is 2.75. The third-order valence-corrected chi connectivity index (χ3v) is 2.36. The van der Waals surface area contributed by atoms with Gasteiger partial charge in [-0.25, -0.2) is 0 Å². The van der Waals surface area contributed by atoms with E-state index < -0.39 is 0 Å². The van der Waals surface area contributed by atoms with Gasteiger partial charge in [0.2, 0.25) is 0 Å². The van der Waals surface area contributed by atoms with Crippen molar-refractivity contribution in [2.45, 2.75) is 27.7 Å². The average molecular weight is 186 g/mol. The summed E-state index contributed by atoms with van der Waals surface area (Å²) in [6, 6.07) is 12.9. The SMILES string of the molecule is CC.Cc1ccc(C)c2ccccc12. The van der Waals surface area contributed by atoms with Gasteiger partial charge in [-0.15, -0.1) is 0 Å². The van der Waals surface area contributed by atoms with Gasteiger partial charge in [-0.3, -0.25) is 0 Å². The Morgan fingerprint density at radius 2 is 1.00 bits per heavy atom. The zero-order valence-corrected chi connectivity index (χ0v) is 9.46. The van der Waals surface area contributed by atoms with E-state index in [1.807, 2.05) is 13.8 Å². The summed E-state index contributed by atoms with van der Waals surface area (Å²) >= 11 is 0. The maximum absolute atomic E-state index is 2.18. The topological polar surface area (TPSA) is 0 Å². The van der Waals surface area contributed by atoms with Crippen molar-refractivity contribution in [1.29, 1.82) is 0 Å². The predicted octanol–water partition coefficient (Wildman–Crippen LogP) is 4.48. The Hall–Kier alpha value is -1.30. The molecule has 14 heavy (non-hydrogen) atoms. The molecule has 0 heteroatoms. The Morgan fingerprint density at radius 1 is 0.643 bits per heavy atom. The fourth-order valence-corrected chi connectivity index (χ4v) is 1.60. The van der Waals surface area contributed by atoms with Crippen molar-refractivity contribution < 1.29 is 0 Å². The number of benzene rings is 2. The first kappa shape index (κ1) is 10.8. The highest BCUT2D eigenvalue weighted by Crippen LogP contribution is 2.20. The Morgan fingerprint density at radius 3 is 1.36 bits per heavy atom. The summed E-state index contributed by atoms with van der Waals surface area (Å²) in [4.78, 5) is 0. The van der Waals surface area contributed by atoms with Gasteiger partial charge in [-0.2, -0.15) is 0 Å². The molecular weight excluding hydrogens is 168 g/mol. The second-order valence-electron chi connectivity index (χ2n) is 3.24. The molecule has 0 bridgehead atoms. The van der Waals surface area contributed by atoms with Crippen LogP contribution in [0.25, 0.3) is 10.8 Å². The van der Waals surface area contributed by atoms with Gasteiger partial charge in [0.25, 0.3) is 0 Å². The van der Waals surface area contributed by atoms with Gasteiger partial charge in [-0.1, -0.05) is 50.2 Å². The minimum absolute atomic E-state index is 1.36. The van der Waals surface area contributed by atoms with Crippen molar-refractivity contribution >= 4 is 10.8 Å². The van der Waals surface area contributed by atoms with Crippen LogP contribution in [0, 0.1) is 13.8 Å². The molecule has 0 N–H and O–H groups in total. The molecule has 0 unspecified atom stereocenters. The number of rotatable bonds is 0. The van der Waals surface area contributed by atoms with E-state index in [2.05, 4.69) is 50.2 Å². The standard InChI is InChI=1S/C12H12.C2H6/c1-9-7-8-10(2)12-6-4-3-5-11(9)12;1-2/h3-8H,1-2H3;1-2H3. The summed E-state index contributed by atoms with van der Waals surface area (Å²) in [6.45, 7) is 8.31. The fraction of sp³-hybridized carbons (Fsp3) is 0.286. The third kappa shape index (κ3) is 1.95. The Kier molecular flexibility index (Phi) is 3.70. The zero-order valence-electron chi connectivity index (χ0n) is 9.46. The molecule has 0 aliphatic carbocycles. The van der Waals surface area contributed by atoms with Crippen molar-refractivity contribution in [1.82, 2.24) is 0 Å². The molecule has 0 fully saturated rings. The van der Waals surface area contributed by atoms with Crippen LogP contribution in [0.4, 0.5) is 0 Å². The number of hydrogen-bond donors (Lipinski definition) is 0. The molecule has 0 aliphatic heterocycles. The molecule has 0 atom stereocenters. The van der Waals surface area contributed by atoms with Gasteiger partial charge in [0.05, 0.1) is 0 Å². The number of fused-ring (bicyclic) bond motifs is 1. The second-order valence-corrected chi connectivity index (χ2v) is 3.24. The van der Waals surface area contributed by atoms with E-state index in [1.54, 1.807) is 0 Å². The maximum Gasteiger partial charge on any atom is -0.0152 e. The van der Waals surface area contributed by atoms with Crippen molar-refractivity contribution in [2.75, 3.05) is 0 Å². The Labute approximate surface area is 86.6 Å². The van der Waals surface area contributed by atoms with E-state index in [1.165, 1.54) is 21.9 Å². The molecule has 0 nitrogen and oxygen atoms in total. The highest BCUT2D eigenvalue weighted by atomic mass is 14.0. The fourth-order valence-electron chi connectivity index (χ4n) is 1.60. The molecule has 0 aliphatic rings. The predicted molar refractivity (Wildman–Crippen MR) is 64.8 cm³/mol. The van der Waals surface area contributed by atoms with Crippen molar-refractivity contribution in [3.05, 3.63) is 47.5 Å². The van der Waals surface area contributed by atoms with Crippen LogP contribution in [-0.2, 0) is 0 Å². The van der Waals surface area contributed by atoms with Crippen LogP contribution < -0.4 is 0 Å². The van der Waals surface area contributed by atoms with Crippen molar-refractivity contribution in [3.8, 4) is 0 Å². The normalized spacial score (nSPS) is 9.43. The first-order valence-electron chi connectivity index (χ1n) is 5.24. The lowest BCUT2D eigenvalue weighted by molar-refractivity contribution is 1.46. The average Bonchev–Trinajstić information content (AvgIpc) is 2.27. The molecule has 0 heterocycles. The summed E-state index contributed by atoms with van der Waals surface area (Å²) in [5.74, 6) is 0. The van der Waals surface area contributed by atoms with E-state index >= 15 is 0 Å². The largest absolute Gasteiger partial charge is 0.0683 e. The molecular formula is C14H18. The van der Waals surface area contributed by atoms with Crippen LogP contribution in [0.2, 0.25) is 0 Å². The highest BCUT2D eigenvalue weighted by Gasteiger charge is 1.97. The second kappa shape index (κ2) is 4.80. The van der Waals surface area contributed by atoms with Crippen LogP contribution in [0.5, 0.6) is 0 Å². The molecule has 74 valence electrons. The highest BCUT2D eigenvalue weighted by molar-refractivity contribution is 5.88. The molecule has 0 spiro atoms. The first-order chi connectivity index (χ1) is 6.79. The van der Waals surface area contributed by atoms with Gasteiger partial charge in [0.1, 0.15) is 0 Å². The molecule has 0 saturated heterocycles. The van der Waals surface area contributed by atoms with E-state index in [0.29, 0.717) is 0 Å². The van der Waals surface area contributed by atoms with Crippen LogP contribution in [-0.4, -0.2) is 0 Å². The molecule has 0 amide bonds. The van der Waals surface area contributed by atoms with Gasteiger partial charge >= 0.3 is 0 Å². The van der Waals surface area contributed by atoms with Crippen LogP contribution >= 0.6 is 0 Å². The molecule has 0 radical (unpaired) electrons. The minimum atomic E-state index is 1.36. The maximum atomic E-state index is 2.18. The molecule has 2 rings (SSSR count). The van der Waals surface area contributed by atoms with E-state index in [9.17, 15) is 0 Å². The van der Waals surface area contributed by atoms with Crippen LogP contribution in [0.15, 0.2) is 36.4 Å². The monoisotopic (exact) mass is 186 g/mol. The summed E-state index contributed by atoms with van der Waals surface area (Å²) in [6.07, 6.45) is 0. The third-order valence-electron chi connectivity index (χ3n) is 2.36. The van der Waals surface area contributed by atoms with Gasteiger partial charge < -0.3 is 0 Å². The Bertz CT molecular complexity index is 373. The van der Waals surface area contributed by atoms with Crippen molar-refractivity contribution in [3.63, 3.8) is 0 Å². The lowest BCUT2D eigenvalue weighted by Gasteiger charge is -2.03. The zero-order chi connectivity index (χ0) is 10.6. The van der Waals surface area contributed by atoms with E-state index in [4.69, 9.17) is 0 Å². The summed E-state index contributed by atoms with van der Waals surface area (Å²) in [5.41, 5.74) is 2.72. The van der Waals surface area contributed by atoms with Crippen LogP contribution in [0.1, 0.15) is 25.0 Å². The number of hydrogen-bond acceptors (Lipinski definition) is 0. The van der Waals surface area contributed by atoms with Crippen molar-refractivity contribution in [2.24, 2.45) is 0 Å². The quantitative estimate of drug-likeness (QED) is 0.569. The van der Waals surface area contributed by atoms with E-state index in [0.717, 1.165) is 0 Å². The molecule has 0 aromatic heterocycles. The van der Waals surface area contributed by atoms with Gasteiger partial charge in [0.15, 0.2) is 0 Å². The lowest BCUT2D eigenvalue weighted by atomic mass is 10.0. The molecule has 0 saturated carbocycles. The summed E-state index contributed by atoms with van der Waals surface area (Å²) < 4.78 is 0. The number of aryl methyl sites for hydroxylation is 2. The van der Waals surface area contributed by atoms with Gasteiger partial charge in [0, 0.05) is 0 Å². The minimum Gasteiger partial charge on any atom is -0.0683 e. The van der Waals surface area contributed by atoms with E-state index in [-0.39, 0.29) is 0 Å². The Balaban J connectivity index is 0.000000461. The van der Waals surface area contributed by atoms with Gasteiger partial charge in [-0.05, 0) is 35.7 Å². The smallest absolute Gasteiger partial charge is 0.0152 e. The first-order valence-corrected chi connectivity index (χ1v) is 5.24. The molecule has 2 aromatic rings. The summed E-state index contributed by atoms with van der Waals surface area (Å²) in [7, 11) is 0. The van der Waals surface area contributed by atoms with Crippen LogP contribution in [0.3, 0.4) is 0 Å².